The third-order valence-electron chi connectivity index (χ3n) is 6.02. The van der Waals surface area contributed by atoms with Crippen LogP contribution in [0, 0.1) is 5.92 Å². The van der Waals surface area contributed by atoms with Crippen LogP contribution < -0.4 is 0 Å². The molecule has 0 spiro atoms. The van der Waals surface area contributed by atoms with Crippen LogP contribution in [0.1, 0.15) is 42.7 Å². The highest BCUT2D eigenvalue weighted by molar-refractivity contribution is 7.89. The number of rotatable bonds is 4. The van der Waals surface area contributed by atoms with E-state index in [1.165, 1.54) is 26.9 Å². The fourth-order valence-electron chi connectivity index (χ4n) is 4.43. The van der Waals surface area contributed by atoms with Crippen LogP contribution in [0.4, 0.5) is 0 Å². The maximum absolute atomic E-state index is 13.3. The number of benzene rings is 1. The highest BCUT2D eigenvalue weighted by Crippen LogP contribution is 2.37. The maximum atomic E-state index is 13.3. The lowest BCUT2D eigenvalue weighted by molar-refractivity contribution is -0.139. The highest BCUT2D eigenvalue weighted by Gasteiger charge is 2.37. The van der Waals surface area contributed by atoms with Gasteiger partial charge in [0.2, 0.25) is 15.9 Å². The molecule has 1 fully saturated rings. The van der Waals surface area contributed by atoms with Crippen molar-refractivity contribution in [2.75, 3.05) is 19.6 Å². The number of thiophene rings is 1. The van der Waals surface area contributed by atoms with E-state index in [9.17, 15) is 13.2 Å². The average Bonchev–Trinajstić information content (AvgIpc) is 3.22. The van der Waals surface area contributed by atoms with Crippen LogP contribution in [0.5, 0.6) is 0 Å². The molecule has 1 aromatic carbocycles. The Balaban J connectivity index is 1.43. The molecule has 1 aromatic heterocycles. The largest absolute Gasteiger partial charge is 0.335 e. The number of nitrogens with zero attached hydrogens (tertiary/aromatic N) is 2. The van der Waals surface area contributed by atoms with Crippen molar-refractivity contribution in [1.82, 2.24) is 9.21 Å². The Morgan fingerprint density at radius 3 is 2.48 bits per heavy atom. The van der Waals surface area contributed by atoms with Crippen molar-refractivity contribution in [3.63, 3.8) is 0 Å². The van der Waals surface area contributed by atoms with Crippen LogP contribution in [0.3, 0.4) is 0 Å². The number of sulfonamides is 1. The summed E-state index contributed by atoms with van der Waals surface area (Å²) in [6.45, 7) is 3.62. The summed E-state index contributed by atoms with van der Waals surface area (Å²) in [5.74, 6) is 0.0677. The van der Waals surface area contributed by atoms with Crippen molar-refractivity contribution >= 4 is 38.9 Å². The van der Waals surface area contributed by atoms with Gasteiger partial charge in [-0.1, -0.05) is 18.5 Å². The second kappa shape index (κ2) is 8.38. The van der Waals surface area contributed by atoms with E-state index in [-0.39, 0.29) is 22.8 Å². The summed E-state index contributed by atoms with van der Waals surface area (Å²) in [6.07, 6.45) is 2.95. The Kier molecular flexibility index (Phi) is 6.02. The fourth-order valence-corrected chi connectivity index (χ4v) is 6.96. The summed E-state index contributed by atoms with van der Waals surface area (Å²) in [5, 5.41) is 2.62. The molecular weight excluding hydrogens is 428 g/mol. The van der Waals surface area contributed by atoms with Gasteiger partial charge in [-0.25, -0.2) is 8.42 Å². The van der Waals surface area contributed by atoms with Crippen molar-refractivity contribution in [1.29, 1.82) is 0 Å². The van der Waals surface area contributed by atoms with Crippen molar-refractivity contribution in [2.45, 2.75) is 43.5 Å². The van der Waals surface area contributed by atoms with E-state index in [2.05, 4.69) is 18.4 Å². The molecule has 4 rings (SSSR count). The van der Waals surface area contributed by atoms with Gasteiger partial charge in [0.1, 0.15) is 0 Å². The minimum absolute atomic E-state index is 0.110. The predicted molar refractivity (Wildman–Crippen MR) is 116 cm³/mol. The maximum Gasteiger partial charge on any atom is 0.243 e. The molecule has 0 unspecified atom stereocenters. The lowest BCUT2D eigenvalue weighted by Gasteiger charge is -2.39. The first-order valence-electron chi connectivity index (χ1n) is 10.0. The van der Waals surface area contributed by atoms with Gasteiger partial charge in [-0.3, -0.25) is 4.79 Å². The fraction of sp³-hybridized carbons (Fsp3) is 0.476. The van der Waals surface area contributed by atoms with E-state index in [4.69, 9.17) is 11.6 Å². The lowest BCUT2D eigenvalue weighted by atomic mass is 9.92. The minimum Gasteiger partial charge on any atom is -0.335 e. The molecule has 156 valence electrons. The Hall–Kier alpha value is -1.41. The van der Waals surface area contributed by atoms with Crippen LogP contribution in [0.2, 0.25) is 5.02 Å². The first-order valence-corrected chi connectivity index (χ1v) is 12.7. The number of halogens is 1. The number of hydrogen-bond acceptors (Lipinski definition) is 4. The van der Waals surface area contributed by atoms with Crippen LogP contribution in [0.25, 0.3) is 0 Å². The first-order chi connectivity index (χ1) is 13.9. The molecular formula is C21H25ClN2O3S2. The zero-order valence-corrected chi connectivity index (χ0v) is 18.8. The van der Waals surface area contributed by atoms with Gasteiger partial charge in [0, 0.05) is 35.5 Å². The summed E-state index contributed by atoms with van der Waals surface area (Å²) < 4.78 is 27.2. The van der Waals surface area contributed by atoms with Crippen molar-refractivity contribution < 1.29 is 13.2 Å². The van der Waals surface area contributed by atoms with E-state index in [1.54, 1.807) is 23.5 Å². The normalized spacial score (nSPS) is 21.2. The van der Waals surface area contributed by atoms with Crippen LogP contribution in [-0.4, -0.2) is 43.2 Å². The quantitative estimate of drug-likeness (QED) is 0.693. The monoisotopic (exact) mass is 452 g/mol. The SMILES string of the molecule is CC[C@@H]1c2ccsc2CCN1C(=O)C1CCN(S(=O)(=O)c2ccc(Cl)cc2)CC1. The number of amides is 1. The average molecular weight is 453 g/mol. The zero-order valence-electron chi connectivity index (χ0n) is 16.4. The van der Waals surface area contributed by atoms with Crippen LogP contribution in [0.15, 0.2) is 40.6 Å². The third-order valence-corrected chi connectivity index (χ3v) is 9.18. The number of piperidine rings is 1. The molecule has 1 amide bonds. The lowest BCUT2D eigenvalue weighted by Crippen LogP contribution is -2.47. The molecule has 0 aliphatic carbocycles. The minimum atomic E-state index is -3.55. The summed E-state index contributed by atoms with van der Waals surface area (Å²) in [6, 6.07) is 8.54. The molecule has 0 N–H and O–H groups in total. The number of carbonyl (C=O) groups is 1. The van der Waals surface area contributed by atoms with Crippen LogP contribution >= 0.6 is 22.9 Å². The molecule has 0 bridgehead atoms. The second-order valence-electron chi connectivity index (χ2n) is 7.64. The topological polar surface area (TPSA) is 57.7 Å². The van der Waals surface area contributed by atoms with E-state index >= 15 is 0 Å². The van der Waals surface area contributed by atoms with Gasteiger partial charge in [0.25, 0.3) is 0 Å². The molecule has 0 radical (unpaired) electrons. The van der Waals surface area contributed by atoms with E-state index in [0.717, 1.165) is 19.4 Å². The number of carbonyl (C=O) groups excluding carboxylic acids is 1. The van der Waals surface area contributed by atoms with Gasteiger partial charge in [-0.2, -0.15) is 4.31 Å². The Morgan fingerprint density at radius 2 is 1.83 bits per heavy atom. The molecule has 2 aliphatic heterocycles. The number of hydrogen-bond donors (Lipinski definition) is 0. The molecule has 3 heterocycles. The number of fused-ring (bicyclic) bond motifs is 1. The van der Waals surface area contributed by atoms with Gasteiger partial charge in [0.15, 0.2) is 0 Å². The smallest absolute Gasteiger partial charge is 0.243 e. The Bertz CT molecular complexity index is 980. The zero-order chi connectivity index (χ0) is 20.6. The molecule has 1 saturated heterocycles. The summed E-state index contributed by atoms with van der Waals surface area (Å²) >= 11 is 7.65. The van der Waals surface area contributed by atoms with Gasteiger partial charge in [0.05, 0.1) is 10.9 Å². The highest BCUT2D eigenvalue weighted by atomic mass is 35.5. The summed E-state index contributed by atoms with van der Waals surface area (Å²) in [5.41, 5.74) is 1.29. The molecule has 29 heavy (non-hydrogen) atoms. The van der Waals surface area contributed by atoms with Crippen molar-refractivity contribution in [3.8, 4) is 0 Å². The molecule has 2 aromatic rings. The molecule has 5 nitrogen and oxygen atoms in total. The molecule has 2 aliphatic rings. The van der Waals surface area contributed by atoms with Gasteiger partial charge >= 0.3 is 0 Å². The second-order valence-corrected chi connectivity index (χ2v) is 11.0. The van der Waals surface area contributed by atoms with Gasteiger partial charge in [-0.05, 0) is 67.0 Å². The molecule has 8 heteroatoms. The van der Waals surface area contributed by atoms with E-state index < -0.39 is 10.0 Å². The van der Waals surface area contributed by atoms with Gasteiger partial charge in [-0.15, -0.1) is 11.3 Å². The summed E-state index contributed by atoms with van der Waals surface area (Å²) in [4.78, 5) is 16.9. The third kappa shape index (κ3) is 3.98. The first kappa shape index (κ1) is 20.8. The van der Waals surface area contributed by atoms with Crippen LogP contribution in [-0.2, 0) is 21.2 Å². The van der Waals surface area contributed by atoms with Crippen molar-refractivity contribution in [2.24, 2.45) is 5.92 Å². The summed E-state index contributed by atoms with van der Waals surface area (Å²) in [7, 11) is -3.55. The molecule has 0 saturated carbocycles. The van der Waals surface area contributed by atoms with Crippen molar-refractivity contribution in [3.05, 3.63) is 51.2 Å². The van der Waals surface area contributed by atoms with Gasteiger partial charge < -0.3 is 4.90 Å². The predicted octanol–water partition coefficient (Wildman–Crippen LogP) is 4.34. The standard InChI is InChI=1S/C21H25ClN2O3S2/c1-2-19-18-10-14-28-20(18)9-13-24(19)21(25)15-7-11-23(12-8-15)29(26,27)17-5-3-16(22)4-6-17/h3-6,10,14-15,19H,2,7-9,11-13H2,1H3/t19-/m1/s1. The van der Waals surface area contributed by atoms with E-state index in [1.807, 2.05) is 4.90 Å². The van der Waals surface area contributed by atoms with E-state index in [0.29, 0.717) is 31.0 Å². The Morgan fingerprint density at radius 1 is 1.14 bits per heavy atom. The molecule has 1 atom stereocenters. The Labute approximate surface area is 181 Å².